The topological polar surface area (TPSA) is 167 Å². The molecule has 3 aromatic carbocycles. The Balaban J connectivity index is 1.35. The fourth-order valence-electron chi connectivity index (χ4n) is 8.03. The SMILES string of the molecule is C[C@H](NCc1ccc(Cl)cc1Oc1ccc(-c2cnc(CN(C)C)n2C)cc1)C(=O)N[C@@H](CO[Si](C)(C)C(C)(C)C)C(=O)N[C@@]1(Cc2ccc(Cl)cc2)CCCN(C(=O)[C@@H](CC(=O)O)CC(F)(F)F)C1. The molecule has 4 aromatic rings. The molecule has 0 radical (unpaired) electrons. The Labute approximate surface area is 419 Å². The van der Waals surface area contributed by atoms with Crippen LogP contribution in [0.1, 0.15) is 70.3 Å². The Morgan fingerprint density at radius 2 is 1.63 bits per heavy atom. The fraction of sp³-hybridized carbons (Fsp3) is 0.500. The third-order valence-corrected chi connectivity index (χ3v) is 18.0. The number of amides is 3. The first-order valence-corrected chi connectivity index (χ1v) is 26.8. The number of hydrogen-bond acceptors (Lipinski definition) is 9. The molecule has 1 fully saturated rings. The van der Waals surface area contributed by atoms with Crippen LogP contribution < -0.4 is 20.7 Å². The molecule has 20 heteroatoms. The summed E-state index contributed by atoms with van der Waals surface area (Å²) in [7, 11) is 3.44. The molecule has 70 heavy (non-hydrogen) atoms. The number of aromatic nitrogens is 2. The summed E-state index contributed by atoms with van der Waals surface area (Å²) in [5.74, 6) is -3.56. The van der Waals surface area contributed by atoms with Gasteiger partial charge in [-0.2, -0.15) is 13.2 Å². The minimum absolute atomic E-state index is 0.0554. The molecule has 4 N–H and O–H groups in total. The maximum atomic E-state index is 14.7. The smallest absolute Gasteiger partial charge is 0.389 e. The van der Waals surface area contributed by atoms with Crippen LogP contribution in [0.15, 0.2) is 72.9 Å². The lowest BCUT2D eigenvalue weighted by Crippen LogP contribution is -2.65. The number of carboxylic acids is 1. The fourth-order valence-corrected chi connectivity index (χ4v) is 9.33. The molecule has 1 aromatic heterocycles. The maximum Gasteiger partial charge on any atom is 0.389 e. The molecule has 0 bridgehead atoms. The lowest BCUT2D eigenvalue weighted by atomic mass is 9.82. The molecule has 1 saturated heterocycles. The quantitative estimate of drug-likeness (QED) is 0.0592. The maximum absolute atomic E-state index is 14.7. The van der Waals surface area contributed by atoms with Crippen molar-refractivity contribution in [3.8, 4) is 22.8 Å². The number of alkyl halides is 3. The summed E-state index contributed by atoms with van der Waals surface area (Å²) < 4.78 is 55.9. The van der Waals surface area contributed by atoms with Crippen LogP contribution in [0.2, 0.25) is 28.2 Å². The number of carboxylic acid groups (broad SMARTS) is 1. The molecule has 0 unspecified atom stereocenters. The van der Waals surface area contributed by atoms with Crippen LogP contribution in [0.5, 0.6) is 11.5 Å². The van der Waals surface area contributed by atoms with Gasteiger partial charge in [-0.05, 0) is 113 Å². The zero-order chi connectivity index (χ0) is 51.8. The Hall–Kier alpha value is -4.98. The molecule has 0 spiro atoms. The summed E-state index contributed by atoms with van der Waals surface area (Å²) in [5, 5.41) is 19.3. The molecule has 1 aliphatic rings. The van der Waals surface area contributed by atoms with E-state index in [1.54, 1.807) is 49.4 Å². The zero-order valence-electron chi connectivity index (χ0n) is 41.3. The van der Waals surface area contributed by atoms with Gasteiger partial charge in [-0.3, -0.25) is 19.2 Å². The van der Waals surface area contributed by atoms with Gasteiger partial charge in [0.1, 0.15) is 23.4 Å². The first-order chi connectivity index (χ1) is 32.6. The van der Waals surface area contributed by atoms with Crippen LogP contribution >= 0.6 is 23.2 Å². The van der Waals surface area contributed by atoms with Gasteiger partial charge in [-0.15, -0.1) is 0 Å². The van der Waals surface area contributed by atoms with Gasteiger partial charge in [-0.1, -0.05) is 62.2 Å². The highest BCUT2D eigenvalue weighted by atomic mass is 35.5. The average molecular weight is 1030 g/mol. The van der Waals surface area contributed by atoms with Gasteiger partial charge in [0.05, 0.1) is 55.4 Å². The van der Waals surface area contributed by atoms with Crippen molar-refractivity contribution in [2.24, 2.45) is 13.0 Å². The number of ether oxygens (including phenoxy) is 1. The molecule has 382 valence electrons. The van der Waals surface area contributed by atoms with Gasteiger partial charge in [-0.25, -0.2) is 4.98 Å². The van der Waals surface area contributed by atoms with Crippen LogP contribution in [0.25, 0.3) is 11.3 Å². The van der Waals surface area contributed by atoms with Crippen molar-refractivity contribution in [3.63, 3.8) is 0 Å². The Morgan fingerprint density at radius 1 is 0.971 bits per heavy atom. The normalized spacial score (nSPS) is 16.9. The lowest BCUT2D eigenvalue weighted by molar-refractivity contribution is -0.164. The number of aliphatic carboxylic acids is 1. The number of carbonyl (C=O) groups excluding carboxylic acids is 3. The van der Waals surface area contributed by atoms with Gasteiger partial charge >= 0.3 is 12.1 Å². The number of nitrogens with zero attached hydrogens (tertiary/aromatic N) is 4. The van der Waals surface area contributed by atoms with Gasteiger partial charge < -0.3 is 44.6 Å². The van der Waals surface area contributed by atoms with Gasteiger partial charge in [0, 0.05) is 47.9 Å². The number of piperidine rings is 1. The molecule has 1 aliphatic heterocycles. The summed E-state index contributed by atoms with van der Waals surface area (Å²) >= 11 is 12.6. The number of rotatable bonds is 21. The van der Waals surface area contributed by atoms with Gasteiger partial charge in [0.2, 0.25) is 17.7 Å². The van der Waals surface area contributed by atoms with E-state index in [4.69, 9.17) is 32.4 Å². The van der Waals surface area contributed by atoms with E-state index in [0.717, 1.165) is 17.1 Å². The van der Waals surface area contributed by atoms with E-state index in [1.807, 2.05) is 90.0 Å². The average Bonchev–Trinajstić information content (AvgIpc) is 3.62. The van der Waals surface area contributed by atoms with Crippen molar-refractivity contribution >= 4 is 55.2 Å². The highest BCUT2D eigenvalue weighted by molar-refractivity contribution is 6.74. The first kappa shape index (κ1) is 55.9. The molecule has 3 amide bonds. The van der Waals surface area contributed by atoms with Crippen molar-refractivity contribution in [1.29, 1.82) is 0 Å². The lowest BCUT2D eigenvalue weighted by Gasteiger charge is -2.45. The van der Waals surface area contributed by atoms with E-state index in [0.29, 0.717) is 45.6 Å². The third kappa shape index (κ3) is 15.8. The van der Waals surface area contributed by atoms with E-state index < -0.39 is 74.6 Å². The Bertz CT molecular complexity index is 2450. The van der Waals surface area contributed by atoms with Crippen molar-refractivity contribution in [1.82, 2.24) is 35.3 Å². The summed E-state index contributed by atoms with van der Waals surface area (Å²) in [6, 6.07) is 17.5. The monoisotopic (exact) mass is 1030 g/mol. The number of nitrogens with one attached hydrogen (secondary N) is 3. The molecule has 0 saturated carbocycles. The van der Waals surface area contributed by atoms with E-state index in [-0.39, 0.29) is 44.1 Å². The summed E-state index contributed by atoms with van der Waals surface area (Å²) in [4.78, 5) is 62.1. The minimum atomic E-state index is -4.79. The zero-order valence-corrected chi connectivity index (χ0v) is 43.8. The van der Waals surface area contributed by atoms with E-state index in [1.165, 1.54) is 4.90 Å². The predicted octanol–water partition coefficient (Wildman–Crippen LogP) is 9.00. The second-order valence-corrected chi connectivity index (χ2v) is 25.7. The summed E-state index contributed by atoms with van der Waals surface area (Å²) in [5.41, 5.74) is 2.09. The van der Waals surface area contributed by atoms with Gasteiger partial charge in [0.15, 0.2) is 8.32 Å². The Kier molecular flexibility index (Phi) is 18.8. The highest BCUT2D eigenvalue weighted by Gasteiger charge is 2.45. The first-order valence-electron chi connectivity index (χ1n) is 23.2. The van der Waals surface area contributed by atoms with Crippen molar-refractivity contribution in [2.75, 3.05) is 33.8 Å². The van der Waals surface area contributed by atoms with E-state index in [9.17, 15) is 37.5 Å². The number of imidazole rings is 1. The largest absolute Gasteiger partial charge is 0.481 e. The van der Waals surface area contributed by atoms with E-state index in [2.05, 4.69) is 25.8 Å². The van der Waals surface area contributed by atoms with Crippen molar-refractivity contribution < 1.29 is 46.6 Å². The van der Waals surface area contributed by atoms with Crippen LogP contribution in [0, 0.1) is 5.92 Å². The molecule has 4 atom stereocenters. The second-order valence-electron chi connectivity index (χ2n) is 20.0. The second kappa shape index (κ2) is 23.5. The minimum Gasteiger partial charge on any atom is -0.481 e. The predicted molar refractivity (Wildman–Crippen MR) is 267 cm³/mol. The molecule has 14 nitrogen and oxygen atoms in total. The molecule has 0 aliphatic carbocycles. The standard InChI is InChI=1S/C50H66Cl2F3N7O7Si/c1-32(56-27-35-13-18-38(52)24-42(35)69-39-19-14-34(15-20-39)41-28-57-43(61(41)7)29-60(5)6)45(65)58-40(30-68-70(8,9)48(2,3)4)46(66)59-49(25-33-11-16-37(51)17-12-33)21-10-22-62(31-49)47(67)36(23-44(63)64)26-50(53,54)55/h11-20,24,28,32,36,40,56H,10,21-23,25-27,29-31H2,1-9H3,(H,58,65)(H,59,66)(H,63,64)/t32-,36-,40-,49+/m0/s1. The highest BCUT2D eigenvalue weighted by Crippen LogP contribution is 2.37. The summed E-state index contributed by atoms with van der Waals surface area (Å²) in [6.45, 7) is 12.3. The van der Waals surface area contributed by atoms with Crippen LogP contribution in [-0.4, -0.2) is 114 Å². The molecule has 2 heterocycles. The van der Waals surface area contributed by atoms with Crippen LogP contribution in [-0.2, 0) is 50.2 Å². The van der Waals surface area contributed by atoms with Crippen LogP contribution in [0.4, 0.5) is 13.2 Å². The third-order valence-electron chi connectivity index (χ3n) is 13.0. The number of halogens is 5. The number of benzene rings is 3. The van der Waals surface area contributed by atoms with E-state index >= 15 is 0 Å². The van der Waals surface area contributed by atoms with Crippen molar-refractivity contribution in [3.05, 3.63) is 99.9 Å². The number of likely N-dealkylation sites (tertiary alicyclic amines) is 1. The number of carbonyl (C=O) groups is 4. The molecule has 5 rings (SSSR count). The van der Waals surface area contributed by atoms with Crippen molar-refractivity contribution in [2.45, 2.75) is 115 Å². The van der Waals surface area contributed by atoms with Gasteiger partial charge in [0.25, 0.3) is 0 Å². The molecular weight excluding hydrogens is 967 g/mol. The van der Waals surface area contributed by atoms with Crippen LogP contribution in [0.3, 0.4) is 0 Å². The molecular formula is C50H66Cl2F3N7O7Si. The number of hydrogen-bond donors (Lipinski definition) is 4. The summed E-state index contributed by atoms with van der Waals surface area (Å²) in [6.07, 6.45) is -4.83. The Morgan fingerprint density at radius 3 is 2.24 bits per heavy atom.